The largest absolute Gasteiger partial charge is 0.478 e. The monoisotopic (exact) mass is 593 g/mol. The summed E-state index contributed by atoms with van der Waals surface area (Å²) in [5, 5.41) is 9.70. The Morgan fingerprint density at radius 2 is 1.83 bits per heavy atom. The van der Waals surface area contributed by atoms with E-state index in [1.165, 1.54) is 36.4 Å². The number of carboxylic acids is 1. The third kappa shape index (κ3) is 5.68. The molecule has 1 fully saturated rings. The van der Waals surface area contributed by atoms with Crippen molar-refractivity contribution >= 4 is 28.6 Å². The second-order valence-electron chi connectivity index (χ2n) is 9.92. The molecule has 2 aromatic heterocycles. The van der Waals surface area contributed by atoms with Crippen molar-refractivity contribution in [3.05, 3.63) is 112 Å². The van der Waals surface area contributed by atoms with E-state index in [2.05, 4.69) is 9.97 Å². The van der Waals surface area contributed by atoms with E-state index in [1.807, 2.05) is 4.57 Å². The van der Waals surface area contributed by atoms with Gasteiger partial charge in [-0.2, -0.15) is 0 Å². The molecule has 0 aliphatic carbocycles. The number of ether oxygens (including phenoxy) is 2. The van der Waals surface area contributed by atoms with Crippen molar-refractivity contribution < 1.29 is 32.5 Å². The molecular formula is C31H23ClF3N3O4. The van der Waals surface area contributed by atoms with Gasteiger partial charge in [0.1, 0.15) is 35.6 Å². The van der Waals surface area contributed by atoms with Gasteiger partial charge < -0.3 is 19.1 Å². The normalized spacial score (nSPS) is 14.6. The van der Waals surface area contributed by atoms with E-state index in [0.717, 1.165) is 18.6 Å². The zero-order valence-corrected chi connectivity index (χ0v) is 22.7. The number of aromatic nitrogens is 3. The molecule has 1 saturated heterocycles. The summed E-state index contributed by atoms with van der Waals surface area (Å²) in [6.07, 6.45) is 1.09. The predicted octanol–water partition coefficient (Wildman–Crippen LogP) is 6.83. The molecule has 214 valence electrons. The van der Waals surface area contributed by atoms with Crippen LogP contribution >= 0.6 is 11.6 Å². The zero-order chi connectivity index (χ0) is 29.4. The maximum absolute atomic E-state index is 15.4. The van der Waals surface area contributed by atoms with Gasteiger partial charge in [0.2, 0.25) is 5.88 Å². The summed E-state index contributed by atoms with van der Waals surface area (Å²) in [4.78, 5) is 20.4. The minimum Gasteiger partial charge on any atom is -0.478 e. The lowest BCUT2D eigenvalue weighted by molar-refractivity contribution is -0.0589. The minimum absolute atomic E-state index is 0.00288. The Bertz CT molecular complexity index is 1820. The first-order valence-electron chi connectivity index (χ1n) is 13.1. The number of hydrogen-bond donors (Lipinski definition) is 1. The summed E-state index contributed by atoms with van der Waals surface area (Å²) < 4.78 is 57.3. The predicted molar refractivity (Wildman–Crippen MR) is 149 cm³/mol. The molecule has 0 saturated carbocycles. The highest BCUT2D eigenvalue weighted by Gasteiger charge is 2.23. The van der Waals surface area contributed by atoms with E-state index in [-0.39, 0.29) is 52.4 Å². The summed E-state index contributed by atoms with van der Waals surface area (Å²) in [7, 11) is 0. The number of carboxylic acid groups (broad SMARTS) is 1. The van der Waals surface area contributed by atoms with Crippen LogP contribution in [0.3, 0.4) is 0 Å². The Hall–Kier alpha value is -4.41. The number of fused-ring (bicyclic) bond motifs is 1. The number of rotatable bonds is 9. The van der Waals surface area contributed by atoms with Gasteiger partial charge in [-0.1, -0.05) is 23.7 Å². The van der Waals surface area contributed by atoms with Crippen LogP contribution in [-0.4, -0.2) is 38.3 Å². The van der Waals surface area contributed by atoms with Crippen LogP contribution in [0.2, 0.25) is 5.02 Å². The molecular weight excluding hydrogens is 571 g/mol. The number of imidazole rings is 1. The van der Waals surface area contributed by atoms with E-state index in [0.29, 0.717) is 35.6 Å². The third-order valence-electron chi connectivity index (χ3n) is 7.12. The molecule has 3 aromatic carbocycles. The van der Waals surface area contributed by atoms with Crippen LogP contribution in [0.25, 0.3) is 22.3 Å². The molecule has 0 unspecified atom stereocenters. The first-order chi connectivity index (χ1) is 20.2. The second-order valence-corrected chi connectivity index (χ2v) is 10.4. The van der Waals surface area contributed by atoms with Gasteiger partial charge in [0, 0.05) is 35.2 Å². The number of benzene rings is 3. The zero-order valence-electron chi connectivity index (χ0n) is 22.0. The Morgan fingerprint density at radius 3 is 2.55 bits per heavy atom. The van der Waals surface area contributed by atoms with Crippen molar-refractivity contribution in [1.29, 1.82) is 0 Å². The summed E-state index contributed by atoms with van der Waals surface area (Å²) in [5.74, 6) is -2.43. The lowest BCUT2D eigenvalue weighted by Gasteiger charge is -2.27. The van der Waals surface area contributed by atoms with E-state index in [1.54, 1.807) is 18.2 Å². The van der Waals surface area contributed by atoms with Crippen LogP contribution in [0.1, 0.15) is 33.7 Å². The fourth-order valence-electron chi connectivity index (χ4n) is 4.80. The SMILES string of the molecule is O=C(O)c1ccc2nc(Cc3ccc(-c4nc(OCc5ccc(Cl)cc5F)ccc4F)c(F)c3)n(C[C@@H]3CCO3)c2c1. The lowest BCUT2D eigenvalue weighted by atomic mass is 10.0. The van der Waals surface area contributed by atoms with Crippen molar-refractivity contribution in [2.75, 3.05) is 6.61 Å². The summed E-state index contributed by atoms with van der Waals surface area (Å²) in [6, 6.07) is 15.6. The summed E-state index contributed by atoms with van der Waals surface area (Å²) in [6.45, 7) is 0.967. The Morgan fingerprint density at radius 1 is 1.00 bits per heavy atom. The van der Waals surface area contributed by atoms with E-state index < -0.39 is 23.4 Å². The van der Waals surface area contributed by atoms with Crippen molar-refractivity contribution in [1.82, 2.24) is 14.5 Å². The number of hydrogen-bond acceptors (Lipinski definition) is 5. The molecule has 6 rings (SSSR count). The minimum atomic E-state index is -1.05. The molecule has 11 heteroatoms. The smallest absolute Gasteiger partial charge is 0.335 e. The van der Waals surface area contributed by atoms with E-state index in [4.69, 9.17) is 21.1 Å². The molecule has 7 nitrogen and oxygen atoms in total. The Kier molecular flexibility index (Phi) is 7.57. The number of nitrogens with zero attached hydrogens (tertiary/aromatic N) is 3. The van der Waals surface area contributed by atoms with Gasteiger partial charge in [0.05, 0.1) is 29.2 Å². The number of halogens is 4. The Labute approximate surface area is 243 Å². The van der Waals surface area contributed by atoms with Crippen LogP contribution in [0.15, 0.2) is 66.7 Å². The first kappa shape index (κ1) is 27.7. The van der Waals surface area contributed by atoms with Crippen LogP contribution in [0.4, 0.5) is 13.2 Å². The molecule has 0 radical (unpaired) electrons. The van der Waals surface area contributed by atoms with Gasteiger partial charge >= 0.3 is 5.97 Å². The van der Waals surface area contributed by atoms with Gasteiger partial charge in [-0.3, -0.25) is 0 Å². The number of aromatic carboxylic acids is 1. The highest BCUT2D eigenvalue weighted by atomic mass is 35.5. The number of carbonyl (C=O) groups is 1. The highest BCUT2D eigenvalue weighted by molar-refractivity contribution is 6.30. The van der Waals surface area contributed by atoms with Crippen LogP contribution < -0.4 is 4.74 Å². The first-order valence-corrected chi connectivity index (χ1v) is 13.5. The van der Waals surface area contributed by atoms with Crippen molar-refractivity contribution in [2.24, 2.45) is 0 Å². The topological polar surface area (TPSA) is 86.5 Å². The van der Waals surface area contributed by atoms with Gasteiger partial charge in [-0.15, -0.1) is 0 Å². The molecule has 0 bridgehead atoms. The molecule has 1 N–H and O–H groups in total. The van der Waals surface area contributed by atoms with Crippen LogP contribution in [0.5, 0.6) is 5.88 Å². The second kappa shape index (κ2) is 11.5. The molecule has 1 aliphatic heterocycles. The summed E-state index contributed by atoms with van der Waals surface area (Å²) >= 11 is 5.78. The fraction of sp³-hybridized carbons (Fsp3) is 0.194. The third-order valence-corrected chi connectivity index (χ3v) is 7.35. The molecule has 3 heterocycles. The average molecular weight is 594 g/mol. The molecule has 1 atom stereocenters. The van der Waals surface area contributed by atoms with Crippen LogP contribution in [0, 0.1) is 17.5 Å². The maximum Gasteiger partial charge on any atom is 0.335 e. The molecule has 0 spiro atoms. The van der Waals surface area contributed by atoms with Crippen LogP contribution in [-0.2, 0) is 24.3 Å². The quantitative estimate of drug-likeness (QED) is 0.202. The molecule has 1 aliphatic rings. The Balaban J connectivity index is 1.26. The summed E-state index contributed by atoms with van der Waals surface area (Å²) in [5.41, 5.74) is 1.90. The number of pyridine rings is 1. The lowest BCUT2D eigenvalue weighted by Crippen LogP contribution is -2.31. The molecule has 5 aromatic rings. The maximum atomic E-state index is 15.4. The standard InChI is InChI=1S/C31H23ClF3N3O4/c32-20-4-2-19(24(34)14-20)16-42-29-8-6-23(33)30(37-29)22-5-1-17(11-25(22)35)12-28-36-26-7-3-18(31(39)40)13-27(26)38(28)15-21-9-10-41-21/h1-8,11,13-14,21H,9-10,12,15-16H2,(H,39,40)/t21-/m0/s1. The van der Waals surface area contributed by atoms with Crippen molar-refractivity contribution in [3.8, 4) is 17.1 Å². The van der Waals surface area contributed by atoms with E-state index in [9.17, 15) is 18.7 Å². The highest BCUT2D eigenvalue weighted by Crippen LogP contribution is 2.29. The average Bonchev–Trinajstić information content (AvgIpc) is 3.27. The molecule has 42 heavy (non-hydrogen) atoms. The van der Waals surface area contributed by atoms with Gasteiger partial charge in [-0.05, 0) is 60.5 Å². The fourth-order valence-corrected chi connectivity index (χ4v) is 4.96. The van der Waals surface area contributed by atoms with Gasteiger partial charge in [-0.25, -0.2) is 27.9 Å². The van der Waals surface area contributed by atoms with Crippen molar-refractivity contribution in [2.45, 2.75) is 32.1 Å². The van der Waals surface area contributed by atoms with E-state index >= 15 is 4.39 Å². The van der Waals surface area contributed by atoms with Gasteiger partial charge in [0.25, 0.3) is 0 Å². The molecule has 0 amide bonds. The van der Waals surface area contributed by atoms with Crippen molar-refractivity contribution in [3.63, 3.8) is 0 Å². The van der Waals surface area contributed by atoms with Gasteiger partial charge in [0.15, 0.2) is 0 Å².